The second kappa shape index (κ2) is 4.35. The van der Waals surface area contributed by atoms with Gasteiger partial charge >= 0.3 is 0 Å². The lowest BCUT2D eigenvalue weighted by molar-refractivity contribution is 0.0937. The zero-order chi connectivity index (χ0) is 11.5. The minimum absolute atomic E-state index is 0.133. The molecule has 0 radical (unpaired) electrons. The number of rotatable bonds is 2. The molecule has 0 atom stereocenters. The molecule has 1 amide bonds. The summed E-state index contributed by atoms with van der Waals surface area (Å²) in [5.41, 5.74) is 0.696. The first-order valence-corrected chi connectivity index (χ1v) is 5.32. The number of hydrogen-bond donors (Lipinski definition) is 2. The number of nitrogens with one attached hydrogen (secondary N) is 2. The van der Waals surface area contributed by atoms with Gasteiger partial charge in [-0.2, -0.15) is 0 Å². The molecule has 1 aliphatic carbocycles. The van der Waals surface area contributed by atoms with Crippen LogP contribution in [0.1, 0.15) is 28.9 Å². The van der Waals surface area contributed by atoms with Crippen molar-refractivity contribution in [3.63, 3.8) is 0 Å². The van der Waals surface area contributed by atoms with Crippen LogP contribution in [0, 0.1) is 6.92 Å². The standard InChI is InChI=1S/C12H14N2O2/c1-8-6-11(15)10(7-13-8)12(16)14-9-4-2-3-5-9/h2-3,6-7,9H,4-5H2,1H3,(H,13,15)(H,14,16). The Bertz CT molecular complexity index is 480. The van der Waals surface area contributed by atoms with Crippen molar-refractivity contribution in [3.8, 4) is 0 Å². The number of aromatic nitrogens is 1. The fourth-order valence-corrected chi connectivity index (χ4v) is 1.75. The number of H-pyrrole nitrogens is 1. The summed E-state index contributed by atoms with van der Waals surface area (Å²) in [4.78, 5) is 26.2. The van der Waals surface area contributed by atoms with E-state index in [1.807, 2.05) is 12.2 Å². The minimum atomic E-state index is -0.296. The first-order valence-electron chi connectivity index (χ1n) is 5.32. The van der Waals surface area contributed by atoms with Crippen molar-refractivity contribution in [2.24, 2.45) is 0 Å². The highest BCUT2D eigenvalue weighted by Crippen LogP contribution is 2.09. The molecule has 1 aromatic heterocycles. The normalized spacial score (nSPS) is 15.3. The van der Waals surface area contributed by atoms with Crippen molar-refractivity contribution >= 4 is 5.91 Å². The fourth-order valence-electron chi connectivity index (χ4n) is 1.75. The van der Waals surface area contributed by atoms with E-state index in [0.717, 1.165) is 18.5 Å². The average Bonchev–Trinajstić information content (AvgIpc) is 2.70. The van der Waals surface area contributed by atoms with Gasteiger partial charge in [0.05, 0.1) is 0 Å². The van der Waals surface area contributed by atoms with Gasteiger partial charge in [-0.15, -0.1) is 0 Å². The van der Waals surface area contributed by atoms with Gasteiger partial charge in [-0.25, -0.2) is 0 Å². The summed E-state index contributed by atoms with van der Waals surface area (Å²) < 4.78 is 0. The molecule has 0 aliphatic heterocycles. The van der Waals surface area contributed by atoms with Gasteiger partial charge in [0.1, 0.15) is 5.56 Å². The first-order chi connectivity index (χ1) is 7.66. The zero-order valence-electron chi connectivity index (χ0n) is 9.12. The fraction of sp³-hybridized carbons (Fsp3) is 0.333. The van der Waals surface area contributed by atoms with Crippen LogP contribution in [-0.4, -0.2) is 16.9 Å². The highest BCUT2D eigenvalue weighted by Gasteiger charge is 2.16. The summed E-state index contributed by atoms with van der Waals surface area (Å²) >= 11 is 0. The molecular weight excluding hydrogens is 204 g/mol. The summed E-state index contributed by atoms with van der Waals surface area (Å²) in [6.07, 6.45) is 7.22. The van der Waals surface area contributed by atoms with Crippen molar-refractivity contribution in [2.75, 3.05) is 0 Å². The molecule has 1 aromatic rings. The van der Waals surface area contributed by atoms with Crippen LogP contribution in [0.4, 0.5) is 0 Å². The number of carbonyl (C=O) groups is 1. The Balaban J connectivity index is 2.11. The Morgan fingerprint density at radius 2 is 2.12 bits per heavy atom. The van der Waals surface area contributed by atoms with E-state index in [4.69, 9.17) is 0 Å². The molecule has 16 heavy (non-hydrogen) atoms. The summed E-state index contributed by atoms with van der Waals surface area (Å²) in [5, 5.41) is 2.83. The second-order valence-electron chi connectivity index (χ2n) is 4.01. The van der Waals surface area contributed by atoms with Gasteiger partial charge in [-0.05, 0) is 19.8 Å². The number of pyridine rings is 1. The van der Waals surface area contributed by atoms with Gasteiger partial charge in [0.15, 0.2) is 5.43 Å². The molecule has 84 valence electrons. The van der Waals surface area contributed by atoms with E-state index in [1.165, 1.54) is 12.3 Å². The van der Waals surface area contributed by atoms with E-state index >= 15 is 0 Å². The quantitative estimate of drug-likeness (QED) is 0.731. The Labute approximate surface area is 93.4 Å². The lowest BCUT2D eigenvalue weighted by Gasteiger charge is -2.11. The molecule has 1 aliphatic rings. The molecule has 0 bridgehead atoms. The zero-order valence-corrected chi connectivity index (χ0v) is 9.12. The SMILES string of the molecule is Cc1cc(=O)c(C(=O)NC2CC=CC2)c[nH]1. The largest absolute Gasteiger partial charge is 0.364 e. The van der Waals surface area contributed by atoms with Gasteiger partial charge in [0, 0.05) is 24.0 Å². The van der Waals surface area contributed by atoms with Crippen LogP contribution in [0.3, 0.4) is 0 Å². The molecule has 1 heterocycles. The molecule has 0 fully saturated rings. The predicted octanol–water partition coefficient (Wildman–Crippen LogP) is 1.13. The van der Waals surface area contributed by atoms with Crippen LogP contribution < -0.4 is 10.7 Å². The number of aromatic amines is 1. The Kier molecular flexibility index (Phi) is 2.90. The van der Waals surface area contributed by atoms with E-state index in [-0.39, 0.29) is 22.9 Å². The number of aryl methyl sites for hydroxylation is 1. The molecule has 2 rings (SSSR count). The maximum absolute atomic E-state index is 11.8. The smallest absolute Gasteiger partial charge is 0.256 e. The van der Waals surface area contributed by atoms with E-state index in [0.29, 0.717) is 0 Å². The van der Waals surface area contributed by atoms with Crippen LogP contribution >= 0.6 is 0 Å². The average molecular weight is 218 g/mol. The third-order valence-electron chi connectivity index (χ3n) is 2.64. The molecule has 0 saturated heterocycles. The van der Waals surface area contributed by atoms with Gasteiger partial charge < -0.3 is 10.3 Å². The van der Waals surface area contributed by atoms with Crippen LogP contribution in [0.5, 0.6) is 0 Å². The van der Waals surface area contributed by atoms with Gasteiger partial charge in [-0.3, -0.25) is 9.59 Å². The summed E-state index contributed by atoms with van der Waals surface area (Å²) in [6, 6.07) is 1.56. The van der Waals surface area contributed by atoms with E-state index in [1.54, 1.807) is 6.92 Å². The topological polar surface area (TPSA) is 62.0 Å². The monoisotopic (exact) mass is 218 g/mol. The third kappa shape index (κ3) is 2.21. The number of hydrogen-bond acceptors (Lipinski definition) is 2. The highest BCUT2D eigenvalue weighted by molar-refractivity contribution is 5.94. The van der Waals surface area contributed by atoms with Gasteiger partial charge in [0.2, 0.25) is 0 Å². The van der Waals surface area contributed by atoms with Crippen LogP contribution in [0.2, 0.25) is 0 Å². The first kappa shape index (κ1) is 10.7. The summed E-state index contributed by atoms with van der Waals surface area (Å²) in [7, 11) is 0. The molecule has 4 heteroatoms. The van der Waals surface area contributed by atoms with E-state index in [2.05, 4.69) is 10.3 Å². The molecule has 0 unspecified atom stereocenters. The Morgan fingerprint density at radius 3 is 2.75 bits per heavy atom. The number of amides is 1. The molecular formula is C12H14N2O2. The highest BCUT2D eigenvalue weighted by atomic mass is 16.2. The van der Waals surface area contributed by atoms with Gasteiger partial charge in [-0.1, -0.05) is 12.2 Å². The summed E-state index contributed by atoms with van der Waals surface area (Å²) in [5.74, 6) is -0.296. The predicted molar refractivity (Wildman–Crippen MR) is 61.4 cm³/mol. The maximum Gasteiger partial charge on any atom is 0.256 e. The van der Waals surface area contributed by atoms with Gasteiger partial charge in [0.25, 0.3) is 5.91 Å². The molecule has 2 N–H and O–H groups in total. The summed E-state index contributed by atoms with van der Waals surface area (Å²) in [6.45, 7) is 1.78. The van der Waals surface area contributed by atoms with Crippen molar-refractivity contribution in [1.82, 2.24) is 10.3 Å². The Hall–Kier alpha value is -1.84. The van der Waals surface area contributed by atoms with Crippen LogP contribution in [0.25, 0.3) is 0 Å². The van der Waals surface area contributed by atoms with Crippen LogP contribution in [-0.2, 0) is 0 Å². The molecule has 0 spiro atoms. The van der Waals surface area contributed by atoms with Crippen molar-refractivity contribution in [3.05, 3.63) is 45.9 Å². The lowest BCUT2D eigenvalue weighted by Crippen LogP contribution is -2.35. The second-order valence-corrected chi connectivity index (χ2v) is 4.01. The molecule has 4 nitrogen and oxygen atoms in total. The van der Waals surface area contributed by atoms with Crippen LogP contribution in [0.15, 0.2) is 29.2 Å². The van der Waals surface area contributed by atoms with E-state index < -0.39 is 0 Å². The van der Waals surface area contributed by atoms with E-state index in [9.17, 15) is 9.59 Å². The molecule has 0 aromatic carbocycles. The third-order valence-corrected chi connectivity index (χ3v) is 2.64. The minimum Gasteiger partial charge on any atom is -0.364 e. The van der Waals surface area contributed by atoms with Crippen molar-refractivity contribution in [2.45, 2.75) is 25.8 Å². The Morgan fingerprint density at radius 1 is 1.44 bits per heavy atom. The van der Waals surface area contributed by atoms with Crippen molar-refractivity contribution < 1.29 is 4.79 Å². The lowest BCUT2D eigenvalue weighted by atomic mass is 10.2. The van der Waals surface area contributed by atoms with Crippen molar-refractivity contribution in [1.29, 1.82) is 0 Å². The number of carbonyl (C=O) groups excluding carboxylic acids is 1. The molecule has 0 saturated carbocycles. The maximum atomic E-state index is 11.8.